The van der Waals surface area contributed by atoms with Crippen LogP contribution in [0.25, 0.3) is 0 Å². The van der Waals surface area contributed by atoms with Crippen molar-refractivity contribution in [3.63, 3.8) is 0 Å². The van der Waals surface area contributed by atoms with E-state index in [1.165, 1.54) is 12.4 Å². The maximum absolute atomic E-state index is 12.6. The largest absolute Gasteiger partial charge is 0.354 e. The molecule has 1 aliphatic heterocycles. The summed E-state index contributed by atoms with van der Waals surface area (Å²) in [6.45, 7) is 1.01. The average molecular weight is 248 g/mol. The fraction of sp³-hybridized carbons (Fsp3) is 0.600. The Hall–Kier alpha value is -0.970. The van der Waals surface area contributed by atoms with Gasteiger partial charge in [0.05, 0.1) is 0 Å². The van der Waals surface area contributed by atoms with E-state index >= 15 is 0 Å². The van der Waals surface area contributed by atoms with Crippen LogP contribution in [0.2, 0.25) is 5.15 Å². The summed E-state index contributed by atoms with van der Waals surface area (Å²) in [5, 5.41) is 0.275. The molecule has 0 saturated carbocycles. The molecule has 0 radical (unpaired) electrons. The minimum Gasteiger partial charge on any atom is -0.354 e. The lowest BCUT2D eigenvalue weighted by atomic mass is 9.99. The first-order chi connectivity index (χ1) is 7.68. The van der Waals surface area contributed by atoms with E-state index in [0.717, 1.165) is 6.42 Å². The number of halogens is 3. The molecule has 0 bridgehead atoms. The van der Waals surface area contributed by atoms with Crippen LogP contribution in [-0.2, 0) is 0 Å². The van der Waals surface area contributed by atoms with Crippen LogP contribution in [0.15, 0.2) is 12.4 Å². The molecule has 1 unspecified atom stereocenters. The van der Waals surface area contributed by atoms with Crippen molar-refractivity contribution in [1.82, 2.24) is 9.97 Å². The van der Waals surface area contributed by atoms with Gasteiger partial charge in [0.2, 0.25) is 6.43 Å². The lowest BCUT2D eigenvalue weighted by Gasteiger charge is -2.33. The molecule has 1 saturated heterocycles. The van der Waals surface area contributed by atoms with Gasteiger partial charge in [-0.05, 0) is 12.8 Å². The van der Waals surface area contributed by atoms with Crippen LogP contribution in [0.1, 0.15) is 12.8 Å². The summed E-state index contributed by atoms with van der Waals surface area (Å²) in [6, 6.07) is 0. The quantitative estimate of drug-likeness (QED) is 0.805. The van der Waals surface area contributed by atoms with E-state index < -0.39 is 12.3 Å². The summed E-state index contributed by atoms with van der Waals surface area (Å²) in [5.41, 5.74) is 0. The van der Waals surface area contributed by atoms with Gasteiger partial charge in [0.15, 0.2) is 11.0 Å². The molecule has 0 N–H and O–H groups in total. The zero-order valence-corrected chi connectivity index (χ0v) is 9.37. The van der Waals surface area contributed by atoms with Crippen LogP contribution in [-0.4, -0.2) is 29.5 Å². The fourth-order valence-corrected chi connectivity index (χ4v) is 2.16. The van der Waals surface area contributed by atoms with Gasteiger partial charge >= 0.3 is 0 Å². The van der Waals surface area contributed by atoms with Crippen molar-refractivity contribution < 1.29 is 8.78 Å². The monoisotopic (exact) mass is 247 g/mol. The lowest BCUT2D eigenvalue weighted by molar-refractivity contribution is 0.0685. The molecule has 2 rings (SSSR count). The third kappa shape index (κ3) is 2.40. The van der Waals surface area contributed by atoms with E-state index in [-0.39, 0.29) is 5.15 Å². The van der Waals surface area contributed by atoms with Crippen LogP contribution in [0.4, 0.5) is 14.6 Å². The van der Waals surface area contributed by atoms with E-state index in [9.17, 15) is 8.78 Å². The Morgan fingerprint density at radius 2 is 2.12 bits per heavy atom. The molecular formula is C10H12ClF2N3. The number of nitrogens with zero attached hydrogens (tertiary/aromatic N) is 3. The molecule has 1 aromatic heterocycles. The maximum Gasteiger partial charge on any atom is 0.243 e. The highest BCUT2D eigenvalue weighted by Crippen LogP contribution is 2.28. The summed E-state index contributed by atoms with van der Waals surface area (Å²) in [7, 11) is 0. The first kappa shape index (κ1) is 11.5. The van der Waals surface area contributed by atoms with Crippen LogP contribution >= 0.6 is 11.6 Å². The van der Waals surface area contributed by atoms with Crippen molar-refractivity contribution in [1.29, 1.82) is 0 Å². The van der Waals surface area contributed by atoms with Crippen molar-refractivity contribution in [2.24, 2.45) is 5.92 Å². The smallest absolute Gasteiger partial charge is 0.243 e. The van der Waals surface area contributed by atoms with Gasteiger partial charge in [-0.15, -0.1) is 0 Å². The van der Waals surface area contributed by atoms with E-state index in [0.29, 0.717) is 25.3 Å². The zero-order chi connectivity index (χ0) is 11.5. The van der Waals surface area contributed by atoms with E-state index in [1.807, 2.05) is 0 Å². The van der Waals surface area contributed by atoms with Crippen LogP contribution < -0.4 is 4.90 Å². The third-order valence-corrected chi connectivity index (χ3v) is 3.02. The molecule has 0 aliphatic carbocycles. The number of rotatable bonds is 2. The van der Waals surface area contributed by atoms with Crippen molar-refractivity contribution in [2.75, 3.05) is 18.0 Å². The van der Waals surface area contributed by atoms with E-state index in [4.69, 9.17) is 11.6 Å². The zero-order valence-electron chi connectivity index (χ0n) is 8.61. The van der Waals surface area contributed by atoms with Gasteiger partial charge in [-0.1, -0.05) is 11.6 Å². The molecule has 2 heterocycles. The van der Waals surface area contributed by atoms with Gasteiger partial charge in [-0.3, -0.25) is 0 Å². The summed E-state index contributed by atoms with van der Waals surface area (Å²) >= 11 is 5.88. The minimum absolute atomic E-state index is 0.275. The van der Waals surface area contributed by atoms with Crippen LogP contribution in [0.5, 0.6) is 0 Å². The topological polar surface area (TPSA) is 29.0 Å². The molecule has 88 valence electrons. The normalized spacial score (nSPS) is 21.5. The summed E-state index contributed by atoms with van der Waals surface area (Å²) < 4.78 is 25.2. The molecule has 1 aromatic rings. The maximum atomic E-state index is 12.6. The van der Waals surface area contributed by atoms with Gasteiger partial charge in [-0.25, -0.2) is 18.7 Å². The van der Waals surface area contributed by atoms with Crippen molar-refractivity contribution in [3.8, 4) is 0 Å². The van der Waals surface area contributed by atoms with Gasteiger partial charge < -0.3 is 4.90 Å². The first-order valence-electron chi connectivity index (χ1n) is 5.18. The predicted molar refractivity (Wildman–Crippen MR) is 58.0 cm³/mol. The Kier molecular flexibility index (Phi) is 3.53. The number of hydrogen-bond donors (Lipinski definition) is 0. The highest BCUT2D eigenvalue weighted by atomic mass is 35.5. The number of aromatic nitrogens is 2. The Balaban J connectivity index is 2.13. The van der Waals surface area contributed by atoms with Crippen molar-refractivity contribution in [3.05, 3.63) is 17.5 Å². The second-order valence-electron chi connectivity index (χ2n) is 3.85. The number of piperidine rings is 1. The van der Waals surface area contributed by atoms with Crippen molar-refractivity contribution >= 4 is 17.4 Å². The number of anilines is 1. The molecule has 1 aliphatic rings. The molecule has 16 heavy (non-hydrogen) atoms. The first-order valence-corrected chi connectivity index (χ1v) is 5.56. The second-order valence-corrected chi connectivity index (χ2v) is 4.21. The molecule has 0 spiro atoms. The Morgan fingerprint density at radius 3 is 2.81 bits per heavy atom. The lowest BCUT2D eigenvalue weighted by Crippen LogP contribution is -2.38. The van der Waals surface area contributed by atoms with Gasteiger partial charge in [0.1, 0.15) is 0 Å². The van der Waals surface area contributed by atoms with Crippen molar-refractivity contribution in [2.45, 2.75) is 19.3 Å². The average Bonchev–Trinajstić information content (AvgIpc) is 2.30. The molecular weight excluding hydrogens is 236 g/mol. The van der Waals surface area contributed by atoms with Crippen LogP contribution in [0, 0.1) is 5.92 Å². The summed E-state index contributed by atoms with van der Waals surface area (Å²) in [5.74, 6) is -0.0821. The van der Waals surface area contributed by atoms with Gasteiger partial charge in [0.25, 0.3) is 0 Å². The molecule has 3 nitrogen and oxygen atoms in total. The fourth-order valence-electron chi connectivity index (χ4n) is 1.93. The standard InChI is InChI=1S/C10H12ClF2N3/c11-8-10(15-4-3-14-8)16-5-1-2-7(6-16)9(12)13/h3-4,7,9H,1-2,5-6H2. The third-order valence-electron chi connectivity index (χ3n) is 2.75. The Bertz CT molecular complexity index is 362. The Labute approximate surface area is 97.4 Å². The molecule has 0 aromatic carbocycles. The summed E-state index contributed by atoms with van der Waals surface area (Å²) in [6.07, 6.45) is 2.03. The van der Waals surface area contributed by atoms with Gasteiger partial charge in [-0.2, -0.15) is 0 Å². The molecule has 1 atom stereocenters. The summed E-state index contributed by atoms with van der Waals surface area (Å²) in [4.78, 5) is 9.77. The predicted octanol–water partition coefficient (Wildman–Crippen LogP) is 2.61. The molecule has 1 fully saturated rings. The molecule has 0 amide bonds. The van der Waals surface area contributed by atoms with Gasteiger partial charge in [0, 0.05) is 31.4 Å². The number of hydrogen-bond acceptors (Lipinski definition) is 3. The molecule has 6 heteroatoms. The highest BCUT2D eigenvalue weighted by Gasteiger charge is 2.28. The SMILES string of the molecule is FC(F)C1CCCN(c2nccnc2Cl)C1. The highest BCUT2D eigenvalue weighted by molar-refractivity contribution is 6.31. The Morgan fingerprint density at radius 1 is 1.38 bits per heavy atom. The minimum atomic E-state index is -2.28. The number of alkyl halides is 2. The second kappa shape index (κ2) is 4.91. The van der Waals surface area contributed by atoms with E-state index in [1.54, 1.807) is 4.90 Å². The van der Waals surface area contributed by atoms with E-state index in [2.05, 4.69) is 9.97 Å². The van der Waals surface area contributed by atoms with Crippen LogP contribution in [0.3, 0.4) is 0 Å².